The Bertz CT molecular complexity index is 1230. The quantitative estimate of drug-likeness (QED) is 0.287. The number of fused-ring (bicyclic) bond motifs is 3. The highest BCUT2D eigenvalue weighted by Crippen LogP contribution is 2.46. The molecule has 1 aliphatic rings. The van der Waals surface area contributed by atoms with Gasteiger partial charge in [-0.2, -0.15) is 8.78 Å². The van der Waals surface area contributed by atoms with Crippen molar-refractivity contribution in [3.63, 3.8) is 0 Å². The molecule has 1 aromatic heterocycles. The number of aromatic nitrogens is 3. The number of nitrogens with zero attached hydrogens (tertiary/aromatic N) is 3. The molecule has 2 unspecified atom stereocenters. The average Bonchev–Trinajstić information content (AvgIpc) is 3.18. The maximum absolute atomic E-state index is 14.3. The molecule has 34 heavy (non-hydrogen) atoms. The number of halogens is 5. The van der Waals surface area contributed by atoms with E-state index in [0.29, 0.717) is 21.9 Å². The molecule has 4 rings (SSSR count). The largest absolute Gasteiger partial charge is 0.495 e. The summed E-state index contributed by atoms with van der Waals surface area (Å²) in [6, 6.07) is 9.68. The van der Waals surface area contributed by atoms with Gasteiger partial charge in [-0.15, -0.1) is 10.2 Å². The number of esters is 1. The van der Waals surface area contributed by atoms with Crippen molar-refractivity contribution in [1.82, 2.24) is 14.8 Å². The van der Waals surface area contributed by atoms with Crippen LogP contribution in [0.5, 0.6) is 5.75 Å². The summed E-state index contributed by atoms with van der Waals surface area (Å²) in [6.07, 6.45) is -2.38. The number of alkyl halides is 3. The Hall–Kier alpha value is -2.46. The number of carbonyl (C=O) groups excluding carboxylic acids is 1. The third-order valence-electron chi connectivity index (χ3n) is 5.20. The molecule has 7 nitrogen and oxygen atoms in total. The van der Waals surface area contributed by atoms with Crippen LogP contribution >= 0.6 is 34.8 Å². The summed E-state index contributed by atoms with van der Waals surface area (Å²) >= 11 is 18.2. The minimum atomic E-state index is -3.86. The molecule has 0 radical (unpaired) electrons. The van der Waals surface area contributed by atoms with Crippen LogP contribution in [0.1, 0.15) is 48.3 Å². The monoisotopic (exact) mass is 531 g/mol. The van der Waals surface area contributed by atoms with E-state index >= 15 is 0 Å². The van der Waals surface area contributed by atoms with Crippen LogP contribution in [0.15, 0.2) is 36.4 Å². The van der Waals surface area contributed by atoms with Crippen LogP contribution in [-0.2, 0) is 19.6 Å². The molecule has 0 spiro atoms. The van der Waals surface area contributed by atoms with E-state index in [1.54, 1.807) is 31.2 Å². The Balaban J connectivity index is 1.98. The van der Waals surface area contributed by atoms with Crippen LogP contribution in [0.3, 0.4) is 0 Å². The lowest BCUT2D eigenvalue weighted by Crippen LogP contribution is -2.18. The number of ether oxygens (including phenoxy) is 3. The summed E-state index contributed by atoms with van der Waals surface area (Å²) < 4.78 is 46.4. The van der Waals surface area contributed by atoms with Crippen molar-refractivity contribution in [2.45, 2.75) is 30.9 Å². The van der Waals surface area contributed by atoms with E-state index in [1.807, 2.05) is 0 Å². The van der Waals surface area contributed by atoms with Crippen molar-refractivity contribution < 1.29 is 27.8 Å². The summed E-state index contributed by atoms with van der Waals surface area (Å²) in [5.41, 5.74) is 1.10. The van der Waals surface area contributed by atoms with Gasteiger partial charge in [0.25, 0.3) is 0 Å². The number of rotatable bonds is 6. The number of carbonyl (C=O) groups is 1. The average molecular weight is 533 g/mol. The van der Waals surface area contributed by atoms with E-state index in [1.165, 1.54) is 19.2 Å². The molecule has 0 saturated carbocycles. The summed E-state index contributed by atoms with van der Waals surface area (Å²) in [5.74, 6) is -1.11. The maximum Gasteiger partial charge on any atom is 0.382 e. The topological polar surface area (TPSA) is 75.5 Å². The molecule has 2 atom stereocenters. The summed E-state index contributed by atoms with van der Waals surface area (Å²) in [5, 5.41) is 4.22. The molecule has 180 valence electrons. The van der Waals surface area contributed by atoms with Gasteiger partial charge in [-0.05, 0) is 42.8 Å². The molecule has 12 heteroatoms. The SMILES string of the molecule is CCOC(=O)CC1OC(c2cccc(OC)c2Cl)c2cc(Cl)ccc2-n2c1nnc2C(F)(F)Cl. The zero-order valence-corrected chi connectivity index (χ0v) is 20.2. The molecule has 0 amide bonds. The van der Waals surface area contributed by atoms with E-state index in [-0.39, 0.29) is 29.6 Å². The van der Waals surface area contributed by atoms with Gasteiger partial charge < -0.3 is 14.2 Å². The first-order chi connectivity index (χ1) is 16.2. The molecule has 0 N–H and O–H groups in total. The number of hydrogen-bond donors (Lipinski definition) is 0. The Labute approximate surface area is 208 Å². The van der Waals surface area contributed by atoms with Crippen LogP contribution in [0.25, 0.3) is 5.69 Å². The molecule has 0 fully saturated rings. The number of methoxy groups -OCH3 is 1. The first-order valence-electron chi connectivity index (χ1n) is 10.1. The first-order valence-corrected chi connectivity index (χ1v) is 11.2. The van der Waals surface area contributed by atoms with Crippen molar-refractivity contribution >= 4 is 40.8 Å². The van der Waals surface area contributed by atoms with Crippen LogP contribution < -0.4 is 4.74 Å². The predicted octanol–water partition coefficient (Wildman–Crippen LogP) is 5.98. The second kappa shape index (κ2) is 9.65. The highest BCUT2D eigenvalue weighted by Gasteiger charge is 2.42. The van der Waals surface area contributed by atoms with E-state index < -0.39 is 29.4 Å². The number of benzene rings is 2. The van der Waals surface area contributed by atoms with Crippen LogP contribution in [0, 0.1) is 0 Å². The van der Waals surface area contributed by atoms with Gasteiger partial charge in [0.1, 0.15) is 18.0 Å². The molecule has 3 aromatic rings. The summed E-state index contributed by atoms with van der Waals surface area (Å²) in [4.78, 5) is 12.4. The zero-order chi connectivity index (χ0) is 24.6. The fourth-order valence-corrected chi connectivity index (χ4v) is 4.41. The molecule has 2 heterocycles. The van der Waals surface area contributed by atoms with E-state index in [4.69, 9.17) is 49.0 Å². The lowest BCUT2D eigenvalue weighted by Gasteiger charge is -2.24. The molecular formula is C22H18Cl3F2N3O4. The van der Waals surface area contributed by atoms with Crippen molar-refractivity contribution in [3.8, 4) is 11.4 Å². The Morgan fingerprint density at radius 3 is 2.65 bits per heavy atom. The Morgan fingerprint density at radius 2 is 1.97 bits per heavy atom. The van der Waals surface area contributed by atoms with E-state index in [0.717, 1.165) is 4.57 Å². The molecule has 2 aromatic carbocycles. The lowest BCUT2D eigenvalue weighted by molar-refractivity contribution is -0.147. The summed E-state index contributed by atoms with van der Waals surface area (Å²) in [7, 11) is 1.46. The van der Waals surface area contributed by atoms with Gasteiger partial charge in [-0.25, -0.2) is 0 Å². The van der Waals surface area contributed by atoms with Crippen LogP contribution in [-0.4, -0.2) is 34.5 Å². The van der Waals surface area contributed by atoms with Crippen molar-refractivity contribution in [2.75, 3.05) is 13.7 Å². The van der Waals surface area contributed by atoms with Gasteiger partial charge in [-0.1, -0.05) is 35.3 Å². The second-order valence-electron chi connectivity index (χ2n) is 7.30. The highest BCUT2D eigenvalue weighted by molar-refractivity contribution is 6.33. The van der Waals surface area contributed by atoms with Crippen molar-refractivity contribution in [3.05, 3.63) is 69.2 Å². The van der Waals surface area contributed by atoms with Crippen molar-refractivity contribution in [1.29, 1.82) is 0 Å². The van der Waals surface area contributed by atoms with Gasteiger partial charge in [-0.3, -0.25) is 9.36 Å². The zero-order valence-electron chi connectivity index (χ0n) is 17.9. The molecule has 0 saturated heterocycles. The first kappa shape index (κ1) is 24.7. The minimum absolute atomic E-state index is 0.0477. The van der Waals surface area contributed by atoms with Gasteiger partial charge in [0.2, 0.25) is 5.82 Å². The molecule has 0 aliphatic carbocycles. The smallest absolute Gasteiger partial charge is 0.382 e. The van der Waals surface area contributed by atoms with Gasteiger partial charge in [0.15, 0.2) is 5.82 Å². The predicted molar refractivity (Wildman–Crippen MR) is 121 cm³/mol. The van der Waals surface area contributed by atoms with Gasteiger partial charge in [0, 0.05) is 16.1 Å². The van der Waals surface area contributed by atoms with Crippen LogP contribution in [0.4, 0.5) is 8.78 Å². The Morgan fingerprint density at radius 1 is 1.21 bits per heavy atom. The van der Waals surface area contributed by atoms with Gasteiger partial charge in [0.05, 0.1) is 30.8 Å². The minimum Gasteiger partial charge on any atom is -0.495 e. The Kier molecular flexibility index (Phi) is 7.00. The van der Waals surface area contributed by atoms with Crippen LogP contribution in [0.2, 0.25) is 10.0 Å². The molecule has 0 bridgehead atoms. The maximum atomic E-state index is 14.3. The second-order valence-corrected chi connectivity index (χ2v) is 8.58. The fourth-order valence-electron chi connectivity index (χ4n) is 3.80. The normalized spacial score (nSPS) is 17.5. The van der Waals surface area contributed by atoms with E-state index in [9.17, 15) is 13.6 Å². The lowest BCUT2D eigenvalue weighted by atomic mass is 9.99. The van der Waals surface area contributed by atoms with E-state index in [2.05, 4.69) is 10.2 Å². The highest BCUT2D eigenvalue weighted by atomic mass is 35.5. The third kappa shape index (κ3) is 4.57. The van der Waals surface area contributed by atoms with Crippen molar-refractivity contribution in [2.24, 2.45) is 0 Å². The summed E-state index contributed by atoms with van der Waals surface area (Å²) in [6.45, 7) is 1.78. The number of hydrogen-bond acceptors (Lipinski definition) is 6. The fraction of sp³-hybridized carbons (Fsp3) is 0.318. The molecule has 1 aliphatic heterocycles. The molecular weight excluding hydrogens is 515 g/mol. The third-order valence-corrected chi connectivity index (χ3v) is 6.00. The van der Waals surface area contributed by atoms with Gasteiger partial charge >= 0.3 is 11.4 Å². The standard InChI is InChI=1S/C22H18Cl3F2N3O4/c1-3-33-17(31)10-16-20-28-29-21(22(25,26)27)30(20)14-8-7-11(23)9-13(14)19(34-16)12-5-4-6-15(32-2)18(12)24/h4-9,16,19H,3,10H2,1-2H3.